The van der Waals surface area contributed by atoms with Gasteiger partial charge in [-0.05, 0) is 72.1 Å². The van der Waals surface area contributed by atoms with Gasteiger partial charge in [-0.25, -0.2) is 4.39 Å². The van der Waals surface area contributed by atoms with Gasteiger partial charge in [0, 0.05) is 11.6 Å². The Bertz CT molecular complexity index is 1220. The van der Waals surface area contributed by atoms with Crippen LogP contribution in [0.5, 0.6) is 5.75 Å². The smallest absolute Gasteiger partial charge is 0.134 e. The molecule has 0 radical (unpaired) electrons. The zero-order valence-electron chi connectivity index (χ0n) is 20.6. The van der Waals surface area contributed by atoms with Crippen LogP contribution in [0.2, 0.25) is 0 Å². The number of benzene rings is 4. The molecule has 4 aromatic carbocycles. The molecule has 0 N–H and O–H groups in total. The lowest BCUT2D eigenvalue weighted by molar-refractivity contribution is 0.338. The van der Waals surface area contributed by atoms with Crippen LogP contribution in [0.15, 0.2) is 97.1 Å². The van der Waals surface area contributed by atoms with Gasteiger partial charge in [-0.15, -0.1) is 0 Å². The van der Waals surface area contributed by atoms with Crippen LogP contribution in [-0.4, -0.2) is 6.61 Å². The SMILES string of the molecule is CCOc1ccc(C=Cc2ccc(CCc3ccc(C[C@H](C)c4ccccc4)cc3)cc2)c(F)c1. The first-order chi connectivity index (χ1) is 17.1. The minimum absolute atomic E-state index is 0.274. The van der Waals surface area contributed by atoms with E-state index in [2.05, 4.69) is 85.8 Å². The van der Waals surface area contributed by atoms with Crippen LogP contribution in [-0.2, 0) is 19.3 Å². The van der Waals surface area contributed by atoms with E-state index in [0.717, 1.165) is 24.8 Å². The molecule has 0 aliphatic heterocycles. The Morgan fingerprint density at radius 2 is 1.37 bits per heavy atom. The highest BCUT2D eigenvalue weighted by molar-refractivity contribution is 5.70. The van der Waals surface area contributed by atoms with Crippen molar-refractivity contribution in [1.29, 1.82) is 0 Å². The molecule has 1 nitrogen and oxygen atoms in total. The van der Waals surface area contributed by atoms with Crippen LogP contribution in [0, 0.1) is 5.82 Å². The highest BCUT2D eigenvalue weighted by Gasteiger charge is 2.06. The van der Waals surface area contributed by atoms with Gasteiger partial charge in [-0.3, -0.25) is 0 Å². The third-order valence-electron chi connectivity index (χ3n) is 6.35. The number of hydrogen-bond donors (Lipinski definition) is 0. The van der Waals surface area contributed by atoms with Crippen molar-refractivity contribution in [3.05, 3.63) is 136 Å². The summed E-state index contributed by atoms with van der Waals surface area (Å²) in [6.45, 7) is 4.71. The van der Waals surface area contributed by atoms with Gasteiger partial charge in [0.15, 0.2) is 0 Å². The highest BCUT2D eigenvalue weighted by atomic mass is 19.1. The van der Waals surface area contributed by atoms with Crippen LogP contribution in [0.25, 0.3) is 12.2 Å². The normalized spacial score (nSPS) is 12.1. The van der Waals surface area contributed by atoms with Crippen molar-refractivity contribution in [3.63, 3.8) is 0 Å². The average Bonchev–Trinajstić information content (AvgIpc) is 2.89. The maximum absolute atomic E-state index is 14.2. The van der Waals surface area contributed by atoms with E-state index >= 15 is 0 Å². The Labute approximate surface area is 208 Å². The lowest BCUT2D eigenvalue weighted by Gasteiger charge is -2.12. The Kier molecular flexibility index (Phi) is 8.51. The molecule has 0 aromatic heterocycles. The van der Waals surface area contributed by atoms with Gasteiger partial charge < -0.3 is 4.74 Å². The summed E-state index contributed by atoms with van der Waals surface area (Å²) in [7, 11) is 0. The summed E-state index contributed by atoms with van der Waals surface area (Å²) in [5, 5.41) is 0. The average molecular weight is 465 g/mol. The largest absolute Gasteiger partial charge is 0.494 e. The second kappa shape index (κ2) is 12.2. The minimum atomic E-state index is -0.274. The first-order valence-electron chi connectivity index (χ1n) is 12.4. The molecular formula is C33H33FO. The molecule has 0 saturated heterocycles. The van der Waals surface area contributed by atoms with E-state index in [-0.39, 0.29) is 5.82 Å². The summed E-state index contributed by atoms with van der Waals surface area (Å²) in [5.74, 6) is 0.799. The van der Waals surface area contributed by atoms with E-state index in [9.17, 15) is 4.39 Å². The molecule has 4 aromatic rings. The van der Waals surface area contributed by atoms with Crippen molar-refractivity contribution in [2.45, 2.75) is 39.0 Å². The topological polar surface area (TPSA) is 9.23 Å². The van der Waals surface area contributed by atoms with Crippen molar-refractivity contribution in [1.82, 2.24) is 0 Å². The van der Waals surface area contributed by atoms with E-state index in [1.54, 1.807) is 18.2 Å². The summed E-state index contributed by atoms with van der Waals surface area (Å²) in [4.78, 5) is 0. The van der Waals surface area contributed by atoms with Crippen LogP contribution >= 0.6 is 0 Å². The lowest BCUT2D eigenvalue weighted by Crippen LogP contribution is -1.99. The molecule has 0 fully saturated rings. The fraction of sp³-hybridized carbons (Fsp3) is 0.212. The van der Waals surface area contributed by atoms with Crippen LogP contribution in [0.1, 0.15) is 53.1 Å². The first-order valence-corrected chi connectivity index (χ1v) is 12.4. The summed E-state index contributed by atoms with van der Waals surface area (Å²) < 4.78 is 19.6. The van der Waals surface area contributed by atoms with Gasteiger partial charge in [0.2, 0.25) is 0 Å². The zero-order valence-corrected chi connectivity index (χ0v) is 20.6. The van der Waals surface area contributed by atoms with Crippen molar-refractivity contribution in [2.24, 2.45) is 0 Å². The monoisotopic (exact) mass is 464 g/mol. The van der Waals surface area contributed by atoms with Gasteiger partial charge >= 0.3 is 0 Å². The molecule has 178 valence electrons. The van der Waals surface area contributed by atoms with Gasteiger partial charge in [-0.1, -0.05) is 97.9 Å². The summed E-state index contributed by atoms with van der Waals surface area (Å²) in [6, 6.07) is 33.2. The molecule has 35 heavy (non-hydrogen) atoms. The van der Waals surface area contributed by atoms with Crippen LogP contribution in [0.4, 0.5) is 4.39 Å². The van der Waals surface area contributed by atoms with E-state index in [4.69, 9.17) is 4.74 Å². The Morgan fingerprint density at radius 1 is 0.743 bits per heavy atom. The highest BCUT2D eigenvalue weighted by Crippen LogP contribution is 2.21. The fourth-order valence-electron chi connectivity index (χ4n) is 4.26. The maximum atomic E-state index is 14.2. The molecule has 0 unspecified atom stereocenters. The molecule has 0 amide bonds. The molecule has 1 atom stereocenters. The zero-order chi connectivity index (χ0) is 24.5. The molecular weight excluding hydrogens is 431 g/mol. The Morgan fingerprint density at radius 3 is 2.00 bits per heavy atom. The van der Waals surface area contributed by atoms with Crippen molar-refractivity contribution >= 4 is 12.2 Å². The van der Waals surface area contributed by atoms with Gasteiger partial charge in [0.25, 0.3) is 0 Å². The predicted molar refractivity (Wildman–Crippen MR) is 145 cm³/mol. The number of rotatable bonds is 10. The fourth-order valence-corrected chi connectivity index (χ4v) is 4.26. The number of ether oxygens (including phenoxy) is 1. The molecule has 0 aliphatic carbocycles. The third kappa shape index (κ3) is 7.16. The van der Waals surface area contributed by atoms with Crippen LogP contribution < -0.4 is 4.74 Å². The van der Waals surface area contributed by atoms with Gasteiger partial charge in [-0.2, -0.15) is 0 Å². The second-order valence-corrected chi connectivity index (χ2v) is 9.02. The minimum Gasteiger partial charge on any atom is -0.494 e. The first kappa shape index (κ1) is 24.5. The van der Waals surface area contributed by atoms with Gasteiger partial charge in [0.1, 0.15) is 11.6 Å². The Balaban J connectivity index is 1.28. The van der Waals surface area contributed by atoms with Crippen LogP contribution in [0.3, 0.4) is 0 Å². The second-order valence-electron chi connectivity index (χ2n) is 9.02. The summed E-state index contributed by atoms with van der Waals surface area (Å²) >= 11 is 0. The number of halogens is 1. The molecule has 0 saturated carbocycles. The molecule has 0 aliphatic rings. The predicted octanol–water partition coefficient (Wildman–Crippen LogP) is 8.53. The third-order valence-corrected chi connectivity index (χ3v) is 6.35. The Hall–Kier alpha value is -3.65. The quantitative estimate of drug-likeness (QED) is 0.214. The van der Waals surface area contributed by atoms with E-state index in [0.29, 0.717) is 23.8 Å². The molecule has 0 bridgehead atoms. The maximum Gasteiger partial charge on any atom is 0.134 e. The number of aryl methyl sites for hydroxylation is 2. The van der Waals surface area contributed by atoms with E-state index in [1.165, 1.54) is 28.3 Å². The molecule has 0 heterocycles. The summed E-state index contributed by atoms with van der Waals surface area (Å²) in [5.41, 5.74) is 7.04. The lowest BCUT2D eigenvalue weighted by atomic mass is 9.93. The molecule has 2 heteroatoms. The van der Waals surface area contributed by atoms with Crippen molar-refractivity contribution in [3.8, 4) is 5.75 Å². The van der Waals surface area contributed by atoms with Crippen molar-refractivity contribution in [2.75, 3.05) is 6.61 Å². The van der Waals surface area contributed by atoms with Crippen molar-refractivity contribution < 1.29 is 9.13 Å². The van der Waals surface area contributed by atoms with E-state index in [1.807, 2.05) is 13.0 Å². The number of hydrogen-bond acceptors (Lipinski definition) is 1. The van der Waals surface area contributed by atoms with E-state index < -0.39 is 0 Å². The standard InChI is InChI=1S/C33H33FO/c1-3-35-32-22-21-31(33(34)24-32)20-19-28-13-11-26(12-14-28)9-10-27-15-17-29(18-16-27)23-25(2)30-7-5-4-6-8-30/h4-8,11-22,24-25H,3,9-10,23H2,1-2H3/t25-/m0/s1. The summed E-state index contributed by atoms with van der Waals surface area (Å²) in [6.07, 6.45) is 6.82. The molecule has 0 spiro atoms. The van der Waals surface area contributed by atoms with Gasteiger partial charge in [0.05, 0.1) is 6.61 Å². The molecule has 4 rings (SSSR count).